The molecule has 5 N–H and O–H groups in total. The van der Waals surface area contributed by atoms with Gasteiger partial charge in [-0.15, -0.1) is 0 Å². The SMILES string of the molecule is C=C(c1ccncc1)N(CC)c1cncnc1C[C@@H](Cc1ccc(-n2c(=O)n(CCOCCOCC(COCCOCCn3c(=O)n(-c4ccc(C[C@H](Nc5ncncc5N(CC)C(=O)c5ccncc5)C(=O)O)cc4)c4ncccc43)OCCOCCn3c(=O)n(-c4ccc(C[C@H](Nc5ncncc5N(CC)C(=O)c5ccncc5)C(=O)O)cc4)c4ncccc43)c3cccnc32)cc1)C(=O)O. The maximum Gasteiger partial charge on any atom is 0.335 e. The molecule has 12 heterocycles. The molecule has 0 spiro atoms. The summed E-state index contributed by atoms with van der Waals surface area (Å²) in [5.41, 5.74) is 9.28. The van der Waals surface area contributed by atoms with Crippen LogP contribution in [-0.4, -0.2) is 243 Å². The standard InChI is InChI=1S/C98H101N23O17/c1-5-113(65(4)69-26-35-99-36-27-69)83-57-102-62-108-77(83)56-72(93(124)125)53-66-14-20-73(21-15-66)119-88-80(11-8-32-105-88)116(96(119)130)41-44-133-47-49-136-60-76(138-52-51-135-46-43-118-82-13-10-34-107-90(82)121(98(118)132)75-24-18-68(19-25-75)55-79(95(128)129)112-87-85(59-104-64-110-87)115(7-3)92(123)71-30-39-101-40-31-71)61-137-50-48-134-45-42-117-81-12-9-33-106-89(81)120(97(117)131)74-22-16-67(17-23-74)54-78(94(126)127)111-86-84(58-103-63-109-86)114(6-2)91(122)70-28-37-100-38-29-70/h8-40,57-59,62-64,72,76,78-79H,4-7,41-56,60-61H2,1-3H3,(H,124,125)(H,126,127)(H,128,129)(H,103,109,111)(H,104,110,112)/t72-,76?,78+,79+/m1/s1. The van der Waals surface area contributed by atoms with E-state index in [0.717, 1.165) is 11.1 Å². The first-order valence-corrected chi connectivity index (χ1v) is 44.8. The van der Waals surface area contributed by atoms with Crippen molar-refractivity contribution in [2.45, 2.75) is 84.3 Å². The van der Waals surface area contributed by atoms with E-state index in [2.05, 4.69) is 77.0 Å². The molecule has 138 heavy (non-hydrogen) atoms. The van der Waals surface area contributed by atoms with Crippen molar-refractivity contribution >= 4 is 97.6 Å². The Kier molecular flexibility index (Phi) is 32.6. The highest BCUT2D eigenvalue weighted by Gasteiger charge is 2.31. The number of carbonyl (C=O) groups excluding carboxylic acids is 2. The molecule has 0 aliphatic heterocycles. The number of rotatable bonds is 51. The number of ether oxygens (including phenoxy) is 6. The molecule has 12 aromatic heterocycles. The number of imidazole rings is 3. The molecule has 40 nitrogen and oxygen atoms in total. The lowest BCUT2D eigenvalue weighted by molar-refractivity contribution is -0.142. The number of carboxylic acids is 3. The molecular weight excluding hydrogens is 1770 g/mol. The van der Waals surface area contributed by atoms with E-state index in [1.807, 2.05) is 36.1 Å². The molecule has 0 saturated heterocycles. The summed E-state index contributed by atoms with van der Waals surface area (Å²) in [7, 11) is 0. The molecule has 0 aliphatic carbocycles. The molecule has 15 rings (SSSR count). The number of carboxylic acid groups (broad SMARTS) is 3. The highest BCUT2D eigenvalue weighted by atomic mass is 16.6. The van der Waals surface area contributed by atoms with E-state index in [-0.39, 0.29) is 166 Å². The zero-order chi connectivity index (χ0) is 96.4. The van der Waals surface area contributed by atoms with E-state index in [9.17, 15) is 53.7 Å². The third kappa shape index (κ3) is 23.1. The Hall–Kier alpha value is -16.1. The Morgan fingerprint density at radius 2 is 0.732 bits per heavy atom. The van der Waals surface area contributed by atoms with E-state index >= 15 is 0 Å². The van der Waals surface area contributed by atoms with E-state index in [1.54, 1.807) is 186 Å². The number of nitrogens with one attached hydrogen (secondary N) is 2. The monoisotopic (exact) mass is 1870 g/mol. The Balaban J connectivity index is 0.561. The van der Waals surface area contributed by atoms with Crippen LogP contribution >= 0.6 is 0 Å². The lowest BCUT2D eigenvalue weighted by Gasteiger charge is -2.27. The van der Waals surface area contributed by atoms with Crippen LogP contribution in [0.1, 0.15) is 69.4 Å². The van der Waals surface area contributed by atoms with Gasteiger partial charge in [-0.25, -0.2) is 82.5 Å². The van der Waals surface area contributed by atoms with Crippen molar-refractivity contribution in [1.29, 1.82) is 0 Å². The number of benzene rings is 3. The molecule has 0 radical (unpaired) electrons. The molecule has 3 aromatic carbocycles. The van der Waals surface area contributed by atoms with Crippen molar-refractivity contribution in [2.24, 2.45) is 5.92 Å². The first-order valence-electron chi connectivity index (χ1n) is 44.8. The van der Waals surface area contributed by atoms with Gasteiger partial charge in [-0.2, -0.15) is 0 Å². The summed E-state index contributed by atoms with van der Waals surface area (Å²) in [5, 5.41) is 37.6. The van der Waals surface area contributed by atoms with E-state index in [4.69, 9.17) is 28.4 Å². The average molecular weight is 1870 g/mol. The summed E-state index contributed by atoms with van der Waals surface area (Å²) in [6.45, 7) is 12.5. The molecule has 0 saturated carbocycles. The van der Waals surface area contributed by atoms with Crippen LogP contribution in [0.5, 0.6) is 0 Å². The zero-order valence-corrected chi connectivity index (χ0v) is 75.8. The number of hydrogen-bond acceptors (Lipinski definition) is 29. The van der Waals surface area contributed by atoms with Gasteiger partial charge in [0.15, 0.2) is 28.6 Å². The third-order valence-electron chi connectivity index (χ3n) is 23.0. The molecular formula is C98H101N23O17. The minimum Gasteiger partial charge on any atom is -0.481 e. The molecule has 15 aromatic rings. The summed E-state index contributed by atoms with van der Waals surface area (Å²) in [4.78, 5) is 166. The molecule has 0 bridgehead atoms. The van der Waals surface area contributed by atoms with E-state index in [1.165, 1.54) is 79.7 Å². The van der Waals surface area contributed by atoms with Crippen molar-refractivity contribution in [3.63, 3.8) is 0 Å². The second-order valence-electron chi connectivity index (χ2n) is 31.6. The average Bonchev–Trinajstić information content (AvgIpc) is 1.62. The van der Waals surface area contributed by atoms with Crippen molar-refractivity contribution in [3.05, 3.63) is 316 Å². The van der Waals surface area contributed by atoms with Crippen LogP contribution in [0.2, 0.25) is 0 Å². The van der Waals surface area contributed by atoms with Crippen molar-refractivity contribution in [3.8, 4) is 17.1 Å². The van der Waals surface area contributed by atoms with Crippen molar-refractivity contribution in [1.82, 2.24) is 87.2 Å². The quantitative estimate of drug-likeness (QED) is 0.0222. The highest BCUT2D eigenvalue weighted by molar-refractivity contribution is 6.08. The number of hydrogen-bond donors (Lipinski definition) is 5. The van der Waals surface area contributed by atoms with Gasteiger partial charge in [-0.05, 0) is 153 Å². The van der Waals surface area contributed by atoms with Gasteiger partial charge < -0.3 is 69.1 Å². The lowest BCUT2D eigenvalue weighted by Crippen LogP contribution is -2.35. The summed E-state index contributed by atoms with van der Waals surface area (Å²) in [5.74, 6) is -4.59. The van der Waals surface area contributed by atoms with Crippen LogP contribution < -0.4 is 42.4 Å². The van der Waals surface area contributed by atoms with Gasteiger partial charge in [0.25, 0.3) is 11.8 Å². The third-order valence-corrected chi connectivity index (χ3v) is 23.0. The lowest BCUT2D eigenvalue weighted by atomic mass is 9.94. The molecule has 40 heteroatoms. The summed E-state index contributed by atoms with van der Waals surface area (Å²) < 4.78 is 46.1. The first-order chi connectivity index (χ1) is 67.4. The number of fused-ring (bicyclic) bond motifs is 3. The molecule has 2 amide bonds. The van der Waals surface area contributed by atoms with Gasteiger partial charge in [0.2, 0.25) is 0 Å². The number of aromatic nitrogens is 18. The number of aliphatic carboxylic acids is 3. The van der Waals surface area contributed by atoms with Gasteiger partial charge in [0, 0.05) is 117 Å². The fraction of sp³-hybridized carbons (Fsp3) is 0.286. The van der Waals surface area contributed by atoms with E-state index < -0.39 is 47.7 Å². The first kappa shape index (κ1) is 96.4. The highest BCUT2D eigenvalue weighted by Crippen LogP contribution is 2.32. The Morgan fingerprint density at radius 1 is 0.377 bits per heavy atom. The number of amides is 2. The van der Waals surface area contributed by atoms with Crippen molar-refractivity contribution < 1.29 is 67.7 Å². The number of pyridine rings is 6. The Morgan fingerprint density at radius 3 is 1.11 bits per heavy atom. The number of carbonyl (C=O) groups is 5. The van der Waals surface area contributed by atoms with Crippen LogP contribution in [0.25, 0.3) is 56.3 Å². The normalized spacial score (nSPS) is 12.3. The smallest absolute Gasteiger partial charge is 0.335 e. The second-order valence-corrected chi connectivity index (χ2v) is 31.6. The fourth-order valence-electron chi connectivity index (χ4n) is 16.1. The topological polar surface area (TPSA) is 471 Å². The largest absolute Gasteiger partial charge is 0.481 e. The van der Waals surface area contributed by atoms with Gasteiger partial charge in [0.05, 0.1) is 162 Å². The van der Waals surface area contributed by atoms with Crippen LogP contribution in [0.15, 0.2) is 260 Å². The predicted molar refractivity (Wildman–Crippen MR) is 511 cm³/mol. The maximum atomic E-state index is 14.5. The van der Waals surface area contributed by atoms with Crippen LogP contribution in [0.4, 0.5) is 28.7 Å². The predicted octanol–water partition coefficient (Wildman–Crippen LogP) is 9.14. The fourth-order valence-corrected chi connectivity index (χ4v) is 16.1. The van der Waals surface area contributed by atoms with Crippen LogP contribution in [-0.2, 0) is 88.1 Å². The molecule has 0 aliphatic rings. The Bertz CT molecular complexity index is 6630. The summed E-state index contributed by atoms with van der Waals surface area (Å²) in [6.07, 6.45) is 22.3. The molecule has 1 unspecified atom stereocenters. The zero-order valence-electron chi connectivity index (χ0n) is 75.8. The van der Waals surface area contributed by atoms with Gasteiger partial charge in [-0.3, -0.25) is 43.0 Å². The van der Waals surface area contributed by atoms with Gasteiger partial charge in [0.1, 0.15) is 48.5 Å². The van der Waals surface area contributed by atoms with Crippen LogP contribution in [0.3, 0.4) is 0 Å². The van der Waals surface area contributed by atoms with E-state index in [0.29, 0.717) is 108 Å². The maximum absolute atomic E-state index is 14.5. The minimum atomic E-state index is -1.19. The summed E-state index contributed by atoms with van der Waals surface area (Å²) in [6, 6.07) is 39.2. The van der Waals surface area contributed by atoms with Gasteiger partial charge in [-0.1, -0.05) is 43.0 Å². The minimum absolute atomic E-state index is 0.00100. The van der Waals surface area contributed by atoms with Crippen LogP contribution in [0, 0.1) is 5.92 Å². The Labute approximate surface area is 789 Å². The number of anilines is 5. The molecule has 710 valence electrons. The van der Waals surface area contributed by atoms with Gasteiger partial charge >= 0.3 is 35.0 Å². The second kappa shape index (κ2) is 46.7. The molecule has 0 fully saturated rings. The van der Waals surface area contributed by atoms with Crippen molar-refractivity contribution in [2.75, 3.05) is 118 Å². The summed E-state index contributed by atoms with van der Waals surface area (Å²) >= 11 is 0. The molecule has 4 atom stereocenters. The number of nitrogens with zero attached hydrogens (tertiary/aromatic N) is 21.